The molecule has 0 spiro atoms. The maximum Gasteiger partial charge on any atom is 0.338 e. The Bertz CT molecular complexity index is 768. The van der Waals surface area contributed by atoms with Crippen LogP contribution in [0.2, 0.25) is 0 Å². The van der Waals surface area contributed by atoms with E-state index in [4.69, 9.17) is 4.74 Å². The molecule has 0 aliphatic carbocycles. The van der Waals surface area contributed by atoms with Gasteiger partial charge in [0.05, 0.1) is 17.7 Å². The summed E-state index contributed by atoms with van der Waals surface area (Å²) in [6, 6.07) is 6.22. The van der Waals surface area contributed by atoms with E-state index < -0.39 is 12.0 Å². The van der Waals surface area contributed by atoms with Gasteiger partial charge in [-0.2, -0.15) is 0 Å². The molecule has 7 nitrogen and oxygen atoms in total. The lowest BCUT2D eigenvalue weighted by Gasteiger charge is -2.33. The molecule has 152 valence electrons. The molecule has 1 atom stereocenters. The lowest BCUT2D eigenvalue weighted by Crippen LogP contribution is -2.46. The zero-order chi connectivity index (χ0) is 20.8. The minimum absolute atomic E-state index is 0.0286. The van der Waals surface area contributed by atoms with E-state index in [2.05, 4.69) is 10.6 Å². The summed E-state index contributed by atoms with van der Waals surface area (Å²) in [5.74, 6) is -0.486. The van der Waals surface area contributed by atoms with Crippen LogP contribution < -0.4 is 10.6 Å². The molecule has 28 heavy (non-hydrogen) atoms. The third-order valence-electron chi connectivity index (χ3n) is 4.60. The number of amides is 3. The van der Waals surface area contributed by atoms with Gasteiger partial charge in [0.2, 0.25) is 5.91 Å². The minimum atomic E-state index is -0.611. The second-order valence-electron chi connectivity index (χ2n) is 7.17. The number of carbonyl (C=O) groups is 3. The fraction of sp³-hybridized carbons (Fsp3) is 0.476. The van der Waals surface area contributed by atoms with Crippen molar-refractivity contribution in [3.05, 3.63) is 41.1 Å². The smallest absolute Gasteiger partial charge is 0.338 e. The molecule has 0 saturated heterocycles. The molecule has 0 bridgehead atoms. The Hall–Kier alpha value is -2.83. The normalized spacial score (nSPS) is 16.9. The Morgan fingerprint density at radius 3 is 2.46 bits per heavy atom. The minimum Gasteiger partial charge on any atom is -0.459 e. The lowest BCUT2D eigenvalue weighted by molar-refractivity contribution is -0.143. The van der Waals surface area contributed by atoms with Crippen molar-refractivity contribution in [1.82, 2.24) is 10.2 Å². The summed E-state index contributed by atoms with van der Waals surface area (Å²) in [6.45, 7) is 7.33. The predicted octanol–water partition coefficient (Wildman–Crippen LogP) is 3.74. The summed E-state index contributed by atoms with van der Waals surface area (Å²) in [4.78, 5) is 38.2. The van der Waals surface area contributed by atoms with Gasteiger partial charge in [-0.3, -0.25) is 4.79 Å². The van der Waals surface area contributed by atoms with Crippen molar-refractivity contribution < 1.29 is 19.1 Å². The van der Waals surface area contributed by atoms with Gasteiger partial charge in [0.15, 0.2) is 0 Å². The van der Waals surface area contributed by atoms with E-state index >= 15 is 0 Å². The number of nitrogens with zero attached hydrogens (tertiary/aromatic N) is 1. The van der Waals surface area contributed by atoms with Crippen molar-refractivity contribution in [3.63, 3.8) is 0 Å². The third kappa shape index (κ3) is 5.12. The number of benzene rings is 1. The molecule has 3 amide bonds. The number of anilines is 1. The van der Waals surface area contributed by atoms with Crippen LogP contribution in [0.3, 0.4) is 0 Å². The number of ether oxygens (including phenoxy) is 1. The summed E-state index contributed by atoms with van der Waals surface area (Å²) in [5.41, 5.74) is 2.37. The van der Waals surface area contributed by atoms with Crippen LogP contribution in [-0.2, 0) is 14.3 Å². The SMILES string of the molecule is CCCCC(=O)Nc1ccc(C2NC(=O)N(C)C(C)=C2C(=O)OC(C)C)cc1. The van der Waals surface area contributed by atoms with E-state index in [1.807, 2.05) is 6.92 Å². The summed E-state index contributed by atoms with van der Waals surface area (Å²) < 4.78 is 5.38. The highest BCUT2D eigenvalue weighted by molar-refractivity contribution is 5.95. The lowest BCUT2D eigenvalue weighted by atomic mass is 9.95. The molecule has 1 heterocycles. The van der Waals surface area contributed by atoms with Gasteiger partial charge in [0.25, 0.3) is 0 Å². The fourth-order valence-electron chi connectivity index (χ4n) is 2.95. The molecule has 1 aromatic carbocycles. The highest BCUT2D eigenvalue weighted by atomic mass is 16.5. The number of nitrogens with one attached hydrogen (secondary N) is 2. The predicted molar refractivity (Wildman–Crippen MR) is 108 cm³/mol. The van der Waals surface area contributed by atoms with E-state index in [0.717, 1.165) is 18.4 Å². The monoisotopic (exact) mass is 387 g/mol. The van der Waals surface area contributed by atoms with Crippen molar-refractivity contribution in [3.8, 4) is 0 Å². The summed E-state index contributed by atoms with van der Waals surface area (Å²) >= 11 is 0. The maximum atomic E-state index is 12.7. The zero-order valence-electron chi connectivity index (χ0n) is 17.2. The molecule has 1 aromatic rings. The van der Waals surface area contributed by atoms with E-state index in [0.29, 0.717) is 23.4 Å². The first kappa shape index (κ1) is 21.5. The van der Waals surface area contributed by atoms with Crippen molar-refractivity contribution in [2.24, 2.45) is 0 Å². The van der Waals surface area contributed by atoms with E-state index in [9.17, 15) is 14.4 Å². The highest BCUT2D eigenvalue weighted by Crippen LogP contribution is 2.31. The average molecular weight is 387 g/mol. The first-order valence-corrected chi connectivity index (χ1v) is 9.60. The molecule has 1 unspecified atom stereocenters. The molecule has 1 aliphatic rings. The number of allylic oxidation sites excluding steroid dienone is 1. The second kappa shape index (κ2) is 9.39. The van der Waals surface area contributed by atoms with Crippen molar-refractivity contribution in [2.45, 2.75) is 59.1 Å². The van der Waals surface area contributed by atoms with Gasteiger partial charge in [-0.25, -0.2) is 9.59 Å². The average Bonchev–Trinajstić information content (AvgIpc) is 2.64. The van der Waals surface area contributed by atoms with Gasteiger partial charge < -0.3 is 20.3 Å². The standard InChI is InChI=1S/C21H29N3O4/c1-6-7-8-17(25)22-16-11-9-15(10-12-16)19-18(20(26)28-13(2)3)14(4)24(5)21(27)23-19/h9-13,19H,6-8H2,1-5H3,(H,22,25)(H,23,27). The molecule has 0 saturated carbocycles. The number of carbonyl (C=O) groups excluding carboxylic acids is 3. The molecular weight excluding hydrogens is 358 g/mol. The maximum absolute atomic E-state index is 12.7. The van der Waals surface area contributed by atoms with Crippen molar-refractivity contribution in [2.75, 3.05) is 12.4 Å². The highest BCUT2D eigenvalue weighted by Gasteiger charge is 2.35. The molecule has 1 aliphatic heterocycles. The van der Waals surface area contributed by atoms with Gasteiger partial charge in [0, 0.05) is 24.9 Å². The molecule has 2 N–H and O–H groups in total. The Morgan fingerprint density at radius 1 is 1.25 bits per heavy atom. The van der Waals surface area contributed by atoms with Crippen LogP contribution in [0.25, 0.3) is 0 Å². The Balaban J connectivity index is 2.26. The molecular formula is C21H29N3O4. The molecule has 0 radical (unpaired) electrons. The molecule has 7 heteroatoms. The van der Waals surface area contributed by atoms with Gasteiger partial charge in [-0.15, -0.1) is 0 Å². The van der Waals surface area contributed by atoms with Crippen LogP contribution in [-0.4, -0.2) is 36.0 Å². The van der Waals surface area contributed by atoms with Crippen LogP contribution in [0, 0.1) is 0 Å². The van der Waals surface area contributed by atoms with E-state index in [1.54, 1.807) is 52.1 Å². The third-order valence-corrected chi connectivity index (χ3v) is 4.60. The summed E-state index contributed by atoms with van der Waals surface area (Å²) in [7, 11) is 1.61. The first-order valence-electron chi connectivity index (χ1n) is 9.60. The number of hydrogen-bond donors (Lipinski definition) is 2. The number of rotatable bonds is 7. The van der Waals surface area contributed by atoms with Crippen LogP contribution in [0.5, 0.6) is 0 Å². The van der Waals surface area contributed by atoms with Crippen LogP contribution in [0.15, 0.2) is 35.5 Å². The van der Waals surface area contributed by atoms with Crippen LogP contribution in [0.4, 0.5) is 10.5 Å². The van der Waals surface area contributed by atoms with E-state index in [1.165, 1.54) is 4.90 Å². The Labute approximate surface area is 166 Å². The van der Waals surface area contributed by atoms with Gasteiger partial charge in [0.1, 0.15) is 0 Å². The number of urea groups is 1. The fourth-order valence-corrected chi connectivity index (χ4v) is 2.95. The van der Waals surface area contributed by atoms with Gasteiger partial charge in [-0.05, 0) is 44.9 Å². The van der Waals surface area contributed by atoms with Crippen molar-refractivity contribution in [1.29, 1.82) is 0 Å². The van der Waals surface area contributed by atoms with E-state index in [-0.39, 0.29) is 18.0 Å². The number of esters is 1. The Kier molecular flexibility index (Phi) is 7.20. The van der Waals surface area contributed by atoms with Crippen molar-refractivity contribution >= 4 is 23.6 Å². The molecule has 0 aromatic heterocycles. The molecule has 2 rings (SSSR count). The largest absolute Gasteiger partial charge is 0.459 e. The van der Waals surface area contributed by atoms with Gasteiger partial charge in [-0.1, -0.05) is 25.5 Å². The second-order valence-corrected chi connectivity index (χ2v) is 7.17. The first-order chi connectivity index (χ1) is 13.2. The van der Waals surface area contributed by atoms with Crippen LogP contribution >= 0.6 is 0 Å². The number of unbranched alkanes of at least 4 members (excludes halogenated alkanes) is 1. The topological polar surface area (TPSA) is 87.7 Å². The summed E-state index contributed by atoms with van der Waals surface area (Å²) in [5, 5.41) is 5.70. The van der Waals surface area contributed by atoms with Gasteiger partial charge >= 0.3 is 12.0 Å². The number of hydrogen-bond acceptors (Lipinski definition) is 4. The molecule has 0 fully saturated rings. The Morgan fingerprint density at radius 2 is 1.89 bits per heavy atom. The zero-order valence-corrected chi connectivity index (χ0v) is 17.2. The quantitative estimate of drug-likeness (QED) is 0.698. The summed E-state index contributed by atoms with van der Waals surface area (Å²) in [6.07, 6.45) is 2.02. The van der Waals surface area contributed by atoms with Crippen LogP contribution in [0.1, 0.15) is 58.6 Å².